The molecule has 0 aliphatic carbocycles. The molecule has 126 valence electrons. The molecule has 2 aliphatic heterocycles. The minimum Gasteiger partial charge on any atom is -0.461 e. The number of ether oxygens (including phenoxy) is 3. The van der Waals surface area contributed by atoms with Crippen LogP contribution in [0.25, 0.3) is 5.57 Å². The molecule has 7 nitrogen and oxygen atoms in total. The molecule has 1 aromatic carbocycles. The maximum atomic E-state index is 10.00. The van der Waals surface area contributed by atoms with E-state index in [9.17, 15) is 20.4 Å². The van der Waals surface area contributed by atoms with Crippen molar-refractivity contribution in [1.82, 2.24) is 0 Å². The van der Waals surface area contributed by atoms with Crippen LogP contribution in [0.3, 0.4) is 0 Å². The van der Waals surface area contributed by atoms with Gasteiger partial charge in [-0.1, -0.05) is 18.2 Å². The predicted octanol–water partition coefficient (Wildman–Crippen LogP) is -0.375. The van der Waals surface area contributed by atoms with Crippen molar-refractivity contribution in [2.75, 3.05) is 6.61 Å². The molecule has 0 aromatic heterocycles. The molecule has 0 saturated carbocycles. The molecule has 1 fully saturated rings. The van der Waals surface area contributed by atoms with Crippen molar-refractivity contribution in [1.29, 1.82) is 0 Å². The van der Waals surface area contributed by atoms with Crippen molar-refractivity contribution in [3.05, 3.63) is 35.9 Å². The van der Waals surface area contributed by atoms with Gasteiger partial charge >= 0.3 is 0 Å². The molecule has 1 saturated heterocycles. The Balaban J connectivity index is 1.74. The topological polar surface area (TPSA) is 109 Å². The van der Waals surface area contributed by atoms with E-state index < -0.39 is 43.6 Å². The average molecular weight is 324 g/mol. The smallest absolute Gasteiger partial charge is 0.222 e. The van der Waals surface area contributed by atoms with Gasteiger partial charge in [0.25, 0.3) is 0 Å². The van der Waals surface area contributed by atoms with Crippen molar-refractivity contribution in [2.24, 2.45) is 0 Å². The van der Waals surface area contributed by atoms with Crippen LogP contribution in [0.5, 0.6) is 5.75 Å². The second-order valence-corrected chi connectivity index (χ2v) is 5.67. The number of aliphatic hydroxyl groups excluding tert-OH is 4. The minimum atomic E-state index is -1.48. The molecule has 1 aromatic rings. The highest BCUT2D eigenvalue weighted by atomic mass is 16.8. The summed E-state index contributed by atoms with van der Waals surface area (Å²) >= 11 is 0. The Hall–Kier alpha value is -1.48. The summed E-state index contributed by atoms with van der Waals surface area (Å²) in [4.78, 5) is 0. The lowest BCUT2D eigenvalue weighted by Crippen LogP contribution is -2.59. The summed E-state index contributed by atoms with van der Waals surface area (Å²) in [6, 6.07) is 7.46. The van der Waals surface area contributed by atoms with Gasteiger partial charge in [0.15, 0.2) is 6.29 Å². The maximum absolute atomic E-state index is 10.00. The van der Waals surface area contributed by atoms with Gasteiger partial charge in [0, 0.05) is 5.56 Å². The van der Waals surface area contributed by atoms with Crippen molar-refractivity contribution in [2.45, 2.75) is 43.9 Å². The van der Waals surface area contributed by atoms with E-state index in [0.29, 0.717) is 5.75 Å². The van der Waals surface area contributed by atoms with Crippen molar-refractivity contribution < 1.29 is 34.6 Å². The second-order valence-electron chi connectivity index (χ2n) is 5.67. The number of fused-ring (bicyclic) bond motifs is 1. The monoisotopic (exact) mass is 324 g/mol. The highest BCUT2D eigenvalue weighted by molar-refractivity contribution is 5.70. The standard InChI is InChI=1S/C16H20O7/c1-8-6-12(21-10-5-3-2-4-9(8)10)23-16-15(20)14(19)13(18)11(7-17)22-16/h2-6,11-20H,7H2,1H3/t11-,12?,13-,14+,15-,16+/m1/s1. The Morgan fingerprint density at radius 1 is 1.09 bits per heavy atom. The molecule has 7 heteroatoms. The van der Waals surface area contributed by atoms with E-state index in [2.05, 4.69) is 0 Å². The molecular formula is C16H20O7. The van der Waals surface area contributed by atoms with Crippen LogP contribution in [0.2, 0.25) is 0 Å². The Bertz CT molecular complexity index is 586. The lowest BCUT2D eigenvalue weighted by molar-refractivity contribution is -0.321. The van der Waals surface area contributed by atoms with E-state index >= 15 is 0 Å². The number of benzene rings is 1. The Kier molecular flexibility index (Phi) is 4.67. The first-order valence-electron chi connectivity index (χ1n) is 7.41. The Morgan fingerprint density at radius 2 is 1.83 bits per heavy atom. The molecular weight excluding hydrogens is 304 g/mol. The van der Waals surface area contributed by atoms with Crippen LogP contribution in [0, 0.1) is 0 Å². The van der Waals surface area contributed by atoms with Crippen LogP contribution >= 0.6 is 0 Å². The normalized spacial score (nSPS) is 36.8. The SMILES string of the molecule is CC1=CC(O[C@@H]2O[C@H](CO)[C@@H](O)[C@H](O)[C@H]2O)Oc2ccccc21. The highest BCUT2D eigenvalue weighted by Gasteiger charge is 2.45. The van der Waals surface area contributed by atoms with Crippen LogP contribution in [-0.4, -0.2) is 64.0 Å². The number of allylic oxidation sites excluding steroid dienone is 1. The molecule has 0 spiro atoms. The number of para-hydroxylation sites is 1. The fourth-order valence-corrected chi connectivity index (χ4v) is 2.73. The molecule has 2 aliphatic rings. The van der Waals surface area contributed by atoms with Gasteiger partial charge in [0.1, 0.15) is 30.2 Å². The minimum absolute atomic E-state index is 0.506. The molecule has 0 amide bonds. The summed E-state index contributed by atoms with van der Waals surface area (Å²) in [5, 5.41) is 38.7. The summed E-state index contributed by atoms with van der Waals surface area (Å²) in [6.45, 7) is 1.40. The van der Waals surface area contributed by atoms with Crippen LogP contribution in [0.4, 0.5) is 0 Å². The molecule has 1 unspecified atom stereocenters. The van der Waals surface area contributed by atoms with Gasteiger partial charge in [-0.3, -0.25) is 0 Å². The number of hydrogen-bond acceptors (Lipinski definition) is 7. The van der Waals surface area contributed by atoms with Gasteiger partial charge in [-0.15, -0.1) is 0 Å². The molecule has 6 atom stereocenters. The van der Waals surface area contributed by atoms with Crippen LogP contribution < -0.4 is 4.74 Å². The largest absolute Gasteiger partial charge is 0.461 e. The molecule has 0 radical (unpaired) electrons. The molecule has 3 rings (SSSR count). The zero-order valence-electron chi connectivity index (χ0n) is 12.6. The average Bonchev–Trinajstić information content (AvgIpc) is 2.55. The van der Waals surface area contributed by atoms with E-state index in [1.165, 1.54) is 0 Å². The van der Waals surface area contributed by atoms with Crippen molar-refractivity contribution >= 4 is 5.57 Å². The Morgan fingerprint density at radius 3 is 2.57 bits per heavy atom. The van der Waals surface area contributed by atoms with Crippen molar-refractivity contribution in [3.8, 4) is 5.75 Å². The van der Waals surface area contributed by atoms with Gasteiger partial charge in [-0.2, -0.15) is 0 Å². The number of hydrogen-bond donors (Lipinski definition) is 4. The molecule has 4 N–H and O–H groups in total. The lowest BCUT2D eigenvalue weighted by Gasteiger charge is -2.40. The highest BCUT2D eigenvalue weighted by Crippen LogP contribution is 2.33. The third-order valence-electron chi connectivity index (χ3n) is 4.06. The van der Waals surface area contributed by atoms with Gasteiger partial charge < -0.3 is 34.6 Å². The number of aliphatic hydroxyl groups is 4. The summed E-state index contributed by atoms with van der Waals surface area (Å²) in [5.74, 6) is 0.641. The summed E-state index contributed by atoms with van der Waals surface area (Å²) < 4.78 is 16.6. The Labute approximate surface area is 133 Å². The summed E-state index contributed by atoms with van der Waals surface area (Å²) in [6.07, 6.45) is -5.69. The predicted molar refractivity (Wildman–Crippen MR) is 79.4 cm³/mol. The van der Waals surface area contributed by atoms with Gasteiger partial charge in [-0.05, 0) is 24.6 Å². The quantitative estimate of drug-likeness (QED) is 0.600. The zero-order valence-corrected chi connectivity index (χ0v) is 12.6. The van der Waals surface area contributed by atoms with E-state index in [0.717, 1.165) is 11.1 Å². The zero-order chi connectivity index (χ0) is 16.6. The van der Waals surface area contributed by atoms with Crippen LogP contribution in [0.15, 0.2) is 30.3 Å². The van der Waals surface area contributed by atoms with E-state index in [1.54, 1.807) is 12.1 Å². The molecule has 23 heavy (non-hydrogen) atoms. The first-order valence-corrected chi connectivity index (χ1v) is 7.41. The van der Waals surface area contributed by atoms with Crippen LogP contribution in [0.1, 0.15) is 12.5 Å². The fourth-order valence-electron chi connectivity index (χ4n) is 2.73. The van der Waals surface area contributed by atoms with Gasteiger partial charge in [0.05, 0.1) is 6.61 Å². The fraction of sp³-hybridized carbons (Fsp3) is 0.500. The first kappa shape index (κ1) is 16.4. The first-order chi connectivity index (χ1) is 11.0. The van der Waals surface area contributed by atoms with Gasteiger partial charge in [0.2, 0.25) is 6.29 Å². The number of rotatable bonds is 3. The van der Waals surface area contributed by atoms with E-state index in [-0.39, 0.29) is 0 Å². The summed E-state index contributed by atoms with van der Waals surface area (Å²) in [5.41, 5.74) is 1.89. The third kappa shape index (κ3) is 3.12. The van der Waals surface area contributed by atoms with Crippen LogP contribution in [-0.2, 0) is 9.47 Å². The maximum Gasteiger partial charge on any atom is 0.222 e. The lowest BCUT2D eigenvalue weighted by atomic mass is 9.99. The molecule has 2 heterocycles. The van der Waals surface area contributed by atoms with Crippen molar-refractivity contribution in [3.63, 3.8) is 0 Å². The summed E-state index contributed by atoms with van der Waals surface area (Å²) in [7, 11) is 0. The second kappa shape index (κ2) is 6.56. The van der Waals surface area contributed by atoms with E-state index in [1.807, 2.05) is 25.1 Å². The molecule has 0 bridgehead atoms. The third-order valence-corrected chi connectivity index (χ3v) is 4.06. The van der Waals surface area contributed by atoms with Gasteiger partial charge in [-0.25, -0.2) is 0 Å². The van der Waals surface area contributed by atoms with E-state index in [4.69, 9.17) is 14.2 Å².